The summed E-state index contributed by atoms with van der Waals surface area (Å²) in [5, 5.41) is 0. The third-order valence-corrected chi connectivity index (χ3v) is 5.02. The van der Waals surface area contributed by atoms with E-state index >= 15 is 0 Å². The molecule has 0 saturated carbocycles. The summed E-state index contributed by atoms with van der Waals surface area (Å²) in [6.45, 7) is 8.13. The zero-order chi connectivity index (χ0) is 16.0. The fourth-order valence-corrected chi connectivity index (χ4v) is 2.79. The molecular weight excluding hydrogens is 264 g/mol. The first-order valence-corrected chi connectivity index (χ1v) is 8.26. The van der Waals surface area contributed by atoms with Crippen molar-refractivity contribution < 1.29 is 4.79 Å². The molecule has 1 heterocycles. The van der Waals surface area contributed by atoms with Crippen molar-refractivity contribution in [3.8, 4) is 0 Å². The lowest BCUT2D eigenvalue weighted by atomic mass is 9.99. The highest BCUT2D eigenvalue weighted by Crippen LogP contribution is 2.14. The Morgan fingerprint density at radius 1 is 1.29 bits per heavy atom. The van der Waals surface area contributed by atoms with Crippen LogP contribution in [0.25, 0.3) is 0 Å². The van der Waals surface area contributed by atoms with Gasteiger partial charge in [-0.3, -0.25) is 4.79 Å². The maximum atomic E-state index is 12.3. The molecule has 0 spiro atoms. The van der Waals surface area contributed by atoms with Crippen molar-refractivity contribution in [1.29, 1.82) is 0 Å². The molecule has 21 heavy (non-hydrogen) atoms. The first kappa shape index (κ1) is 18.4. The molecular formula is C16H34N4O. The standard InChI is InChI=1S/C16H34N4O/c1-6-13(2)15(17)16(21)20(5)12-11-19(4)14-7-9-18(3)10-8-14/h13-15H,6-12,17H2,1-5H3/t13?,15-/m0/s1. The molecule has 0 aromatic rings. The highest BCUT2D eigenvalue weighted by molar-refractivity contribution is 5.81. The molecule has 0 aliphatic carbocycles. The van der Waals surface area contributed by atoms with E-state index in [4.69, 9.17) is 5.73 Å². The highest BCUT2D eigenvalue weighted by Gasteiger charge is 2.24. The number of carbonyl (C=O) groups is 1. The predicted octanol–water partition coefficient (Wildman–Crippen LogP) is 0.844. The minimum Gasteiger partial charge on any atom is -0.343 e. The van der Waals surface area contributed by atoms with Gasteiger partial charge in [-0.25, -0.2) is 0 Å². The second-order valence-electron chi connectivity index (χ2n) is 6.69. The van der Waals surface area contributed by atoms with Gasteiger partial charge in [0.15, 0.2) is 0 Å². The minimum atomic E-state index is -0.367. The maximum absolute atomic E-state index is 12.3. The topological polar surface area (TPSA) is 52.8 Å². The SMILES string of the molecule is CCC(C)[C@H](N)C(=O)N(C)CCN(C)C1CCN(C)CC1. The lowest BCUT2D eigenvalue weighted by Crippen LogP contribution is -2.49. The van der Waals surface area contributed by atoms with Crippen LogP contribution >= 0.6 is 0 Å². The van der Waals surface area contributed by atoms with E-state index in [-0.39, 0.29) is 17.9 Å². The van der Waals surface area contributed by atoms with Crippen molar-refractivity contribution in [2.75, 3.05) is 47.3 Å². The predicted molar refractivity (Wildman–Crippen MR) is 88.2 cm³/mol. The number of likely N-dealkylation sites (tertiary alicyclic amines) is 1. The molecule has 0 aromatic heterocycles. The van der Waals surface area contributed by atoms with E-state index < -0.39 is 0 Å². The summed E-state index contributed by atoms with van der Waals surface area (Å²) in [6.07, 6.45) is 3.38. The molecule has 1 aliphatic heterocycles. The largest absolute Gasteiger partial charge is 0.343 e. The summed E-state index contributed by atoms with van der Waals surface area (Å²) in [7, 11) is 6.22. The van der Waals surface area contributed by atoms with Gasteiger partial charge < -0.3 is 20.4 Å². The molecule has 1 fully saturated rings. The summed E-state index contributed by atoms with van der Waals surface area (Å²) >= 11 is 0. The smallest absolute Gasteiger partial charge is 0.239 e. The van der Waals surface area contributed by atoms with Crippen LogP contribution in [0, 0.1) is 5.92 Å². The van der Waals surface area contributed by atoms with E-state index in [1.807, 2.05) is 14.0 Å². The van der Waals surface area contributed by atoms with Gasteiger partial charge in [0, 0.05) is 26.2 Å². The van der Waals surface area contributed by atoms with E-state index in [9.17, 15) is 4.79 Å². The third-order valence-electron chi connectivity index (χ3n) is 5.02. The number of likely N-dealkylation sites (N-methyl/N-ethyl adjacent to an activating group) is 2. The molecule has 0 aromatic carbocycles. The Labute approximate surface area is 130 Å². The number of amides is 1. The van der Waals surface area contributed by atoms with E-state index in [2.05, 4.69) is 30.8 Å². The van der Waals surface area contributed by atoms with Crippen LogP contribution in [0.2, 0.25) is 0 Å². The van der Waals surface area contributed by atoms with Crippen LogP contribution in [-0.2, 0) is 4.79 Å². The molecule has 2 N–H and O–H groups in total. The molecule has 1 aliphatic rings. The van der Waals surface area contributed by atoms with Crippen LogP contribution in [0.15, 0.2) is 0 Å². The molecule has 1 saturated heterocycles. The number of hydrogen-bond donors (Lipinski definition) is 1. The number of hydrogen-bond acceptors (Lipinski definition) is 4. The van der Waals surface area contributed by atoms with E-state index in [0.29, 0.717) is 6.04 Å². The van der Waals surface area contributed by atoms with Crippen molar-refractivity contribution in [2.45, 2.75) is 45.2 Å². The quantitative estimate of drug-likeness (QED) is 0.757. The maximum Gasteiger partial charge on any atom is 0.239 e. The van der Waals surface area contributed by atoms with Crippen molar-refractivity contribution >= 4 is 5.91 Å². The van der Waals surface area contributed by atoms with Gasteiger partial charge in [0.1, 0.15) is 0 Å². The van der Waals surface area contributed by atoms with Crippen LogP contribution in [-0.4, -0.2) is 80.0 Å². The molecule has 1 unspecified atom stereocenters. The fraction of sp³-hybridized carbons (Fsp3) is 0.938. The molecule has 0 bridgehead atoms. The Hall–Kier alpha value is -0.650. The van der Waals surface area contributed by atoms with Gasteiger partial charge in [0.25, 0.3) is 0 Å². The summed E-state index contributed by atoms with van der Waals surface area (Å²) < 4.78 is 0. The second kappa shape index (κ2) is 8.71. The molecule has 124 valence electrons. The highest BCUT2D eigenvalue weighted by atomic mass is 16.2. The lowest BCUT2D eigenvalue weighted by Gasteiger charge is -2.36. The van der Waals surface area contributed by atoms with Crippen molar-refractivity contribution in [3.05, 3.63) is 0 Å². The Balaban J connectivity index is 2.34. The Kier molecular flexibility index (Phi) is 7.63. The van der Waals surface area contributed by atoms with E-state index in [1.165, 1.54) is 25.9 Å². The number of piperidine rings is 1. The molecule has 5 heteroatoms. The first-order chi connectivity index (χ1) is 9.86. The van der Waals surface area contributed by atoms with Gasteiger partial charge in [-0.15, -0.1) is 0 Å². The normalized spacial score (nSPS) is 20.5. The van der Waals surface area contributed by atoms with E-state index in [1.54, 1.807) is 4.90 Å². The monoisotopic (exact) mass is 298 g/mol. The van der Waals surface area contributed by atoms with Gasteiger partial charge in [0.05, 0.1) is 6.04 Å². The number of rotatable bonds is 7. The summed E-state index contributed by atoms with van der Waals surface area (Å²) in [6, 6.07) is 0.279. The van der Waals surface area contributed by atoms with E-state index in [0.717, 1.165) is 19.5 Å². The molecule has 2 atom stereocenters. The second-order valence-corrected chi connectivity index (χ2v) is 6.69. The fourth-order valence-electron chi connectivity index (χ4n) is 2.79. The zero-order valence-corrected chi connectivity index (χ0v) is 14.5. The molecule has 1 rings (SSSR count). The number of nitrogens with two attached hydrogens (primary N) is 1. The number of carbonyl (C=O) groups excluding carboxylic acids is 1. The summed E-state index contributed by atoms with van der Waals surface area (Å²) in [5.74, 6) is 0.313. The van der Waals surface area contributed by atoms with Crippen LogP contribution < -0.4 is 5.73 Å². The Morgan fingerprint density at radius 3 is 2.38 bits per heavy atom. The summed E-state index contributed by atoms with van der Waals surface area (Å²) in [5.41, 5.74) is 6.03. The van der Waals surface area contributed by atoms with Crippen molar-refractivity contribution in [1.82, 2.24) is 14.7 Å². The average molecular weight is 298 g/mol. The van der Waals surface area contributed by atoms with Crippen LogP contribution in [0.4, 0.5) is 0 Å². The average Bonchev–Trinajstić information content (AvgIpc) is 2.50. The van der Waals surface area contributed by atoms with Crippen molar-refractivity contribution in [3.63, 3.8) is 0 Å². The van der Waals surface area contributed by atoms with Gasteiger partial charge in [-0.05, 0) is 45.9 Å². The minimum absolute atomic E-state index is 0.0705. The van der Waals surface area contributed by atoms with Gasteiger partial charge in [-0.2, -0.15) is 0 Å². The third kappa shape index (κ3) is 5.57. The molecule has 5 nitrogen and oxygen atoms in total. The van der Waals surface area contributed by atoms with Crippen LogP contribution in [0.5, 0.6) is 0 Å². The van der Waals surface area contributed by atoms with Crippen LogP contribution in [0.1, 0.15) is 33.1 Å². The first-order valence-electron chi connectivity index (χ1n) is 8.26. The van der Waals surface area contributed by atoms with Gasteiger partial charge in [-0.1, -0.05) is 20.3 Å². The Bertz CT molecular complexity index is 315. The van der Waals surface area contributed by atoms with Crippen LogP contribution in [0.3, 0.4) is 0 Å². The van der Waals surface area contributed by atoms with Crippen molar-refractivity contribution in [2.24, 2.45) is 11.7 Å². The van der Waals surface area contributed by atoms with Gasteiger partial charge in [0.2, 0.25) is 5.91 Å². The number of nitrogens with zero attached hydrogens (tertiary/aromatic N) is 3. The molecule has 1 amide bonds. The zero-order valence-electron chi connectivity index (χ0n) is 14.5. The summed E-state index contributed by atoms with van der Waals surface area (Å²) in [4.78, 5) is 18.8. The lowest BCUT2D eigenvalue weighted by molar-refractivity contribution is -0.132. The molecule has 0 radical (unpaired) electrons. The van der Waals surface area contributed by atoms with Gasteiger partial charge >= 0.3 is 0 Å². The Morgan fingerprint density at radius 2 is 1.86 bits per heavy atom.